The molecule has 0 bridgehead atoms. The van der Waals surface area contributed by atoms with Crippen LogP contribution in [0.2, 0.25) is 0 Å². The first-order valence-corrected chi connectivity index (χ1v) is 4.74. The van der Waals surface area contributed by atoms with E-state index in [9.17, 15) is 4.39 Å². The average Bonchev–Trinajstić information content (AvgIpc) is 2.15. The summed E-state index contributed by atoms with van der Waals surface area (Å²) in [5.74, 6) is -0.209. The van der Waals surface area contributed by atoms with Gasteiger partial charge in [0.1, 0.15) is 5.82 Å². The maximum Gasteiger partial charge on any atom is 0.123 e. The molecule has 0 aromatic heterocycles. The fourth-order valence-electron chi connectivity index (χ4n) is 1.81. The van der Waals surface area contributed by atoms with Gasteiger partial charge in [0.2, 0.25) is 0 Å². The Bertz CT molecular complexity index is 317. The molecule has 3 heteroatoms. The summed E-state index contributed by atoms with van der Waals surface area (Å²) in [5.41, 5.74) is 1.05. The predicted molar refractivity (Wildman–Crippen MR) is 53.8 cm³/mol. The molecule has 76 valence electrons. The van der Waals surface area contributed by atoms with Gasteiger partial charge in [0, 0.05) is 24.2 Å². The SMILES string of the molecule is CC1(CO)CN(c2ccc(F)cc2)C1. The topological polar surface area (TPSA) is 23.5 Å². The Morgan fingerprint density at radius 3 is 2.43 bits per heavy atom. The lowest BCUT2D eigenvalue weighted by Gasteiger charge is -2.48. The van der Waals surface area contributed by atoms with Crippen LogP contribution in [0.1, 0.15) is 6.92 Å². The molecule has 0 unspecified atom stereocenters. The van der Waals surface area contributed by atoms with Crippen molar-refractivity contribution in [2.75, 3.05) is 24.6 Å². The summed E-state index contributed by atoms with van der Waals surface area (Å²) in [4.78, 5) is 2.13. The number of rotatable bonds is 2. The third kappa shape index (κ3) is 1.60. The van der Waals surface area contributed by atoms with Gasteiger partial charge in [0.05, 0.1) is 6.61 Å². The molecular formula is C11H14FNO. The molecule has 0 aliphatic carbocycles. The smallest absolute Gasteiger partial charge is 0.123 e. The summed E-state index contributed by atoms with van der Waals surface area (Å²) in [6.07, 6.45) is 0. The van der Waals surface area contributed by atoms with Gasteiger partial charge < -0.3 is 10.0 Å². The molecule has 0 spiro atoms. The van der Waals surface area contributed by atoms with Crippen molar-refractivity contribution in [2.45, 2.75) is 6.92 Å². The summed E-state index contributed by atoms with van der Waals surface area (Å²) in [5, 5.41) is 9.07. The first-order chi connectivity index (χ1) is 6.63. The molecule has 0 saturated carbocycles. The van der Waals surface area contributed by atoms with E-state index in [1.54, 1.807) is 12.1 Å². The predicted octanol–water partition coefficient (Wildman–Crippen LogP) is 1.64. The molecule has 1 aliphatic heterocycles. The standard InChI is InChI=1S/C11H14FNO/c1-11(8-14)6-13(7-11)10-4-2-9(12)3-5-10/h2-5,14H,6-8H2,1H3. The number of halogens is 1. The molecule has 0 amide bonds. The molecule has 2 nitrogen and oxygen atoms in total. The number of hydrogen-bond acceptors (Lipinski definition) is 2. The van der Waals surface area contributed by atoms with Gasteiger partial charge in [-0.2, -0.15) is 0 Å². The van der Waals surface area contributed by atoms with E-state index >= 15 is 0 Å². The highest BCUT2D eigenvalue weighted by molar-refractivity contribution is 5.49. The van der Waals surface area contributed by atoms with Gasteiger partial charge in [-0.25, -0.2) is 4.39 Å². The zero-order valence-corrected chi connectivity index (χ0v) is 8.20. The Labute approximate surface area is 83.0 Å². The minimum absolute atomic E-state index is 0.0222. The summed E-state index contributed by atoms with van der Waals surface area (Å²) >= 11 is 0. The number of anilines is 1. The molecule has 0 atom stereocenters. The van der Waals surface area contributed by atoms with E-state index in [1.165, 1.54) is 12.1 Å². The van der Waals surface area contributed by atoms with Gasteiger partial charge in [-0.1, -0.05) is 6.92 Å². The Morgan fingerprint density at radius 1 is 1.36 bits per heavy atom. The normalized spacial score (nSPS) is 19.2. The van der Waals surface area contributed by atoms with Gasteiger partial charge >= 0.3 is 0 Å². The van der Waals surface area contributed by atoms with Gasteiger partial charge in [-0.3, -0.25) is 0 Å². The third-order valence-electron chi connectivity index (χ3n) is 2.72. The van der Waals surface area contributed by atoms with Crippen molar-refractivity contribution in [3.8, 4) is 0 Å². The van der Waals surface area contributed by atoms with Crippen LogP contribution in [0.3, 0.4) is 0 Å². The van der Waals surface area contributed by atoms with Crippen molar-refractivity contribution >= 4 is 5.69 Å². The Kier molecular flexibility index (Phi) is 2.19. The van der Waals surface area contributed by atoms with Crippen molar-refractivity contribution < 1.29 is 9.50 Å². The maximum atomic E-state index is 12.6. The van der Waals surface area contributed by atoms with E-state index in [0.717, 1.165) is 18.8 Å². The number of benzene rings is 1. The van der Waals surface area contributed by atoms with Gasteiger partial charge in [0.15, 0.2) is 0 Å². The maximum absolute atomic E-state index is 12.6. The van der Waals surface area contributed by atoms with Gasteiger partial charge in [0.25, 0.3) is 0 Å². The summed E-state index contributed by atoms with van der Waals surface area (Å²) in [6, 6.07) is 6.46. The second-order valence-electron chi connectivity index (χ2n) is 4.30. The Morgan fingerprint density at radius 2 is 1.93 bits per heavy atom. The van der Waals surface area contributed by atoms with Crippen molar-refractivity contribution in [3.63, 3.8) is 0 Å². The monoisotopic (exact) mass is 195 g/mol. The second-order valence-corrected chi connectivity index (χ2v) is 4.30. The third-order valence-corrected chi connectivity index (χ3v) is 2.72. The van der Waals surface area contributed by atoms with Crippen molar-refractivity contribution in [2.24, 2.45) is 5.41 Å². The summed E-state index contributed by atoms with van der Waals surface area (Å²) < 4.78 is 12.6. The molecule has 1 saturated heterocycles. The molecule has 1 N–H and O–H groups in total. The summed E-state index contributed by atoms with van der Waals surface area (Å²) in [6.45, 7) is 3.95. The number of aliphatic hydroxyl groups excluding tert-OH is 1. The Hall–Kier alpha value is -1.09. The highest BCUT2D eigenvalue weighted by Crippen LogP contribution is 2.33. The highest BCUT2D eigenvalue weighted by atomic mass is 19.1. The molecule has 1 fully saturated rings. The van der Waals surface area contributed by atoms with Gasteiger partial charge in [-0.05, 0) is 24.3 Å². The van der Waals surface area contributed by atoms with E-state index in [2.05, 4.69) is 4.90 Å². The number of aliphatic hydroxyl groups is 1. The fourth-order valence-corrected chi connectivity index (χ4v) is 1.81. The van der Waals surface area contributed by atoms with Crippen LogP contribution in [-0.4, -0.2) is 24.8 Å². The van der Waals surface area contributed by atoms with E-state index in [0.29, 0.717) is 0 Å². The average molecular weight is 195 g/mol. The molecule has 0 radical (unpaired) electrons. The van der Waals surface area contributed by atoms with E-state index in [-0.39, 0.29) is 17.8 Å². The molecule has 1 aromatic rings. The zero-order chi connectivity index (χ0) is 10.2. The minimum atomic E-state index is -0.209. The van der Waals surface area contributed by atoms with Crippen LogP contribution in [0.5, 0.6) is 0 Å². The molecule has 14 heavy (non-hydrogen) atoms. The Balaban J connectivity index is 2.03. The van der Waals surface area contributed by atoms with Crippen LogP contribution in [0.25, 0.3) is 0 Å². The molecule has 1 aromatic carbocycles. The van der Waals surface area contributed by atoms with E-state index in [1.807, 2.05) is 6.92 Å². The number of hydrogen-bond donors (Lipinski definition) is 1. The minimum Gasteiger partial charge on any atom is -0.396 e. The van der Waals surface area contributed by atoms with E-state index < -0.39 is 0 Å². The quantitative estimate of drug-likeness (QED) is 0.775. The lowest BCUT2D eigenvalue weighted by molar-refractivity contribution is 0.111. The van der Waals surface area contributed by atoms with Crippen LogP contribution < -0.4 is 4.90 Å². The second kappa shape index (κ2) is 3.24. The van der Waals surface area contributed by atoms with Crippen LogP contribution in [0.15, 0.2) is 24.3 Å². The first kappa shape index (κ1) is 9.46. The van der Waals surface area contributed by atoms with Gasteiger partial charge in [-0.15, -0.1) is 0 Å². The number of nitrogens with zero attached hydrogens (tertiary/aromatic N) is 1. The zero-order valence-electron chi connectivity index (χ0n) is 8.20. The summed E-state index contributed by atoms with van der Waals surface area (Å²) in [7, 11) is 0. The first-order valence-electron chi connectivity index (χ1n) is 4.74. The molecule has 2 rings (SSSR count). The van der Waals surface area contributed by atoms with Crippen LogP contribution in [0.4, 0.5) is 10.1 Å². The highest BCUT2D eigenvalue weighted by Gasteiger charge is 2.37. The van der Waals surface area contributed by atoms with Crippen molar-refractivity contribution in [3.05, 3.63) is 30.1 Å². The van der Waals surface area contributed by atoms with Crippen LogP contribution in [0, 0.1) is 11.2 Å². The fraction of sp³-hybridized carbons (Fsp3) is 0.455. The van der Waals surface area contributed by atoms with E-state index in [4.69, 9.17) is 5.11 Å². The molecular weight excluding hydrogens is 181 g/mol. The van der Waals surface area contributed by atoms with Crippen LogP contribution in [-0.2, 0) is 0 Å². The van der Waals surface area contributed by atoms with Crippen LogP contribution >= 0.6 is 0 Å². The molecule has 1 heterocycles. The van der Waals surface area contributed by atoms with Crippen molar-refractivity contribution in [1.29, 1.82) is 0 Å². The largest absolute Gasteiger partial charge is 0.396 e. The lowest BCUT2D eigenvalue weighted by atomic mass is 9.82. The molecule has 1 aliphatic rings. The van der Waals surface area contributed by atoms with Crippen molar-refractivity contribution in [1.82, 2.24) is 0 Å². The lowest BCUT2D eigenvalue weighted by Crippen LogP contribution is -2.56.